The van der Waals surface area contributed by atoms with Crippen molar-refractivity contribution in [2.45, 2.75) is 25.2 Å². The fourth-order valence-corrected chi connectivity index (χ4v) is 3.67. The Kier molecular flexibility index (Phi) is 5.97. The Bertz CT molecular complexity index is 577. The van der Waals surface area contributed by atoms with Gasteiger partial charge in [0.05, 0.1) is 6.54 Å². The van der Waals surface area contributed by atoms with E-state index in [0.29, 0.717) is 6.54 Å². The van der Waals surface area contributed by atoms with Crippen molar-refractivity contribution in [1.82, 2.24) is 4.90 Å². The smallest absolute Gasteiger partial charge is 0.143 e. The van der Waals surface area contributed by atoms with Crippen molar-refractivity contribution < 1.29 is 4.79 Å². The number of Topliss-reactive ketones (excluding diaryl/α,β-unsaturated/α-hetero) is 1. The van der Waals surface area contributed by atoms with Gasteiger partial charge in [-0.15, -0.1) is 12.4 Å². The van der Waals surface area contributed by atoms with Crippen molar-refractivity contribution in [2.24, 2.45) is 0 Å². The Labute approximate surface area is 144 Å². The minimum Gasteiger partial charge on any atom is -0.299 e. The summed E-state index contributed by atoms with van der Waals surface area (Å²) < 4.78 is 0. The molecule has 1 heterocycles. The summed E-state index contributed by atoms with van der Waals surface area (Å²) in [4.78, 5) is 13.7. The van der Waals surface area contributed by atoms with Gasteiger partial charge in [0.2, 0.25) is 0 Å². The molecular formula is C20H24ClNO. The fraction of sp³-hybridized carbons (Fsp3) is 0.350. The molecular weight excluding hydrogens is 306 g/mol. The van der Waals surface area contributed by atoms with Gasteiger partial charge in [0.15, 0.2) is 0 Å². The molecule has 2 aromatic rings. The van der Waals surface area contributed by atoms with Gasteiger partial charge in [-0.25, -0.2) is 0 Å². The molecule has 1 aliphatic rings. The lowest BCUT2D eigenvalue weighted by atomic mass is 9.68. The first-order valence-electron chi connectivity index (χ1n) is 8.03. The number of carbonyl (C=O) groups excluding carboxylic acids is 1. The van der Waals surface area contributed by atoms with E-state index in [4.69, 9.17) is 0 Å². The topological polar surface area (TPSA) is 20.3 Å². The molecule has 0 radical (unpaired) electrons. The summed E-state index contributed by atoms with van der Waals surface area (Å²) in [6.07, 6.45) is 2.13. The van der Waals surface area contributed by atoms with Gasteiger partial charge in [-0.1, -0.05) is 60.7 Å². The molecule has 1 saturated heterocycles. The molecule has 0 amide bonds. The molecule has 0 aromatic heterocycles. The third-order valence-electron chi connectivity index (χ3n) is 4.81. The molecule has 0 aliphatic carbocycles. The Hall–Kier alpha value is -1.64. The van der Waals surface area contributed by atoms with Crippen LogP contribution >= 0.6 is 12.4 Å². The summed E-state index contributed by atoms with van der Waals surface area (Å²) >= 11 is 0. The van der Waals surface area contributed by atoms with Gasteiger partial charge in [0.25, 0.3) is 0 Å². The maximum absolute atomic E-state index is 11.4. The molecule has 2 aromatic carbocycles. The molecule has 0 saturated carbocycles. The summed E-state index contributed by atoms with van der Waals surface area (Å²) in [5, 5.41) is 0. The highest BCUT2D eigenvalue weighted by Gasteiger charge is 2.37. The molecule has 0 bridgehead atoms. The monoisotopic (exact) mass is 329 g/mol. The highest BCUT2D eigenvalue weighted by Crippen LogP contribution is 2.41. The van der Waals surface area contributed by atoms with Gasteiger partial charge in [0.1, 0.15) is 5.78 Å². The minimum absolute atomic E-state index is 0. The molecule has 3 heteroatoms. The van der Waals surface area contributed by atoms with Crippen molar-refractivity contribution in [3.63, 3.8) is 0 Å². The van der Waals surface area contributed by atoms with Crippen LogP contribution in [0.1, 0.15) is 30.9 Å². The molecule has 0 spiro atoms. The highest BCUT2D eigenvalue weighted by molar-refractivity contribution is 5.85. The van der Waals surface area contributed by atoms with Crippen molar-refractivity contribution in [3.05, 3.63) is 71.8 Å². The van der Waals surface area contributed by atoms with Crippen LogP contribution in [0.4, 0.5) is 0 Å². The van der Waals surface area contributed by atoms with Crippen LogP contribution in [0.25, 0.3) is 0 Å². The highest BCUT2D eigenvalue weighted by atomic mass is 35.5. The zero-order valence-corrected chi connectivity index (χ0v) is 14.4. The van der Waals surface area contributed by atoms with Crippen molar-refractivity contribution in [2.75, 3.05) is 19.6 Å². The molecule has 2 nitrogen and oxygen atoms in total. The lowest BCUT2D eigenvalue weighted by Crippen LogP contribution is -2.44. The van der Waals surface area contributed by atoms with E-state index in [1.807, 2.05) is 0 Å². The van der Waals surface area contributed by atoms with Crippen molar-refractivity contribution >= 4 is 18.2 Å². The van der Waals surface area contributed by atoms with Gasteiger partial charge in [-0.05, 0) is 44.0 Å². The summed E-state index contributed by atoms with van der Waals surface area (Å²) in [7, 11) is 0. The number of halogens is 1. The Balaban J connectivity index is 0.00000192. The van der Waals surface area contributed by atoms with E-state index in [9.17, 15) is 4.79 Å². The first-order valence-corrected chi connectivity index (χ1v) is 8.03. The molecule has 0 atom stereocenters. The van der Waals surface area contributed by atoms with Gasteiger partial charge in [-0.2, -0.15) is 0 Å². The molecule has 1 fully saturated rings. The normalized spacial score (nSPS) is 17.3. The van der Waals surface area contributed by atoms with Crippen LogP contribution in [0.5, 0.6) is 0 Å². The van der Waals surface area contributed by atoms with Crippen LogP contribution in [-0.2, 0) is 10.2 Å². The largest absolute Gasteiger partial charge is 0.299 e. The summed E-state index contributed by atoms with van der Waals surface area (Å²) in [6.45, 7) is 4.21. The van der Waals surface area contributed by atoms with Crippen molar-refractivity contribution in [3.8, 4) is 0 Å². The van der Waals surface area contributed by atoms with Crippen LogP contribution in [0.3, 0.4) is 0 Å². The summed E-state index contributed by atoms with van der Waals surface area (Å²) in [5.41, 5.74) is 2.86. The second-order valence-electron chi connectivity index (χ2n) is 6.29. The summed E-state index contributed by atoms with van der Waals surface area (Å²) in [5.74, 6) is 0.256. The SMILES string of the molecule is CC(=O)CN1CCC(c2ccccc2)(c2ccccc2)CC1.Cl. The van der Waals surface area contributed by atoms with Gasteiger partial charge in [-0.3, -0.25) is 9.69 Å². The Morgan fingerprint density at radius 1 is 0.913 bits per heavy atom. The molecule has 0 unspecified atom stereocenters. The van der Waals surface area contributed by atoms with Crippen LogP contribution in [-0.4, -0.2) is 30.3 Å². The predicted octanol–water partition coefficient (Wildman–Crippen LogP) is 4.08. The Morgan fingerprint density at radius 2 is 1.35 bits per heavy atom. The number of benzene rings is 2. The third kappa shape index (κ3) is 3.82. The number of piperidine rings is 1. The first kappa shape index (κ1) is 17.7. The predicted molar refractivity (Wildman–Crippen MR) is 97.3 cm³/mol. The van der Waals surface area contributed by atoms with E-state index in [-0.39, 0.29) is 23.6 Å². The number of ketones is 1. The van der Waals surface area contributed by atoms with Gasteiger partial charge >= 0.3 is 0 Å². The zero-order valence-electron chi connectivity index (χ0n) is 13.6. The van der Waals surface area contributed by atoms with Crippen molar-refractivity contribution in [1.29, 1.82) is 0 Å². The third-order valence-corrected chi connectivity index (χ3v) is 4.81. The molecule has 3 rings (SSSR count). The average molecular weight is 330 g/mol. The average Bonchev–Trinajstić information content (AvgIpc) is 2.57. The van der Waals surface area contributed by atoms with E-state index in [2.05, 4.69) is 65.6 Å². The van der Waals surface area contributed by atoms with E-state index >= 15 is 0 Å². The standard InChI is InChI=1S/C20H23NO.ClH/c1-17(22)16-21-14-12-20(13-15-21,18-8-4-2-5-9-18)19-10-6-3-7-11-19;/h2-11H,12-16H2,1H3;1H. The number of hydrogen-bond donors (Lipinski definition) is 0. The summed E-state index contributed by atoms with van der Waals surface area (Å²) in [6, 6.07) is 21.6. The zero-order chi connectivity index (χ0) is 15.4. The second-order valence-corrected chi connectivity index (χ2v) is 6.29. The van der Waals surface area contributed by atoms with Crippen LogP contribution in [0.2, 0.25) is 0 Å². The van der Waals surface area contributed by atoms with Crippen LogP contribution < -0.4 is 0 Å². The number of hydrogen-bond acceptors (Lipinski definition) is 2. The maximum atomic E-state index is 11.4. The quantitative estimate of drug-likeness (QED) is 0.842. The molecule has 122 valence electrons. The lowest BCUT2D eigenvalue weighted by Gasteiger charge is -2.42. The minimum atomic E-state index is 0. The molecule has 23 heavy (non-hydrogen) atoms. The van der Waals surface area contributed by atoms with Gasteiger partial charge in [0, 0.05) is 5.41 Å². The van der Waals surface area contributed by atoms with Crippen LogP contribution in [0, 0.1) is 0 Å². The van der Waals surface area contributed by atoms with E-state index < -0.39 is 0 Å². The second kappa shape index (κ2) is 7.76. The lowest BCUT2D eigenvalue weighted by molar-refractivity contribution is -0.118. The number of rotatable bonds is 4. The number of nitrogens with zero attached hydrogens (tertiary/aromatic N) is 1. The fourth-order valence-electron chi connectivity index (χ4n) is 3.67. The number of carbonyl (C=O) groups is 1. The molecule has 1 aliphatic heterocycles. The van der Waals surface area contributed by atoms with Crippen LogP contribution in [0.15, 0.2) is 60.7 Å². The maximum Gasteiger partial charge on any atom is 0.143 e. The van der Waals surface area contributed by atoms with Gasteiger partial charge < -0.3 is 0 Å². The first-order chi connectivity index (χ1) is 10.7. The van der Waals surface area contributed by atoms with E-state index in [1.165, 1.54) is 11.1 Å². The Morgan fingerprint density at radius 3 is 1.74 bits per heavy atom. The molecule has 0 N–H and O–H groups in total. The number of likely N-dealkylation sites (tertiary alicyclic amines) is 1. The van der Waals surface area contributed by atoms with E-state index in [0.717, 1.165) is 25.9 Å². The van der Waals surface area contributed by atoms with E-state index in [1.54, 1.807) is 6.92 Å².